The average Bonchev–Trinajstić information content (AvgIpc) is 2.35. The van der Waals surface area contributed by atoms with E-state index in [4.69, 9.17) is 5.11 Å². The fourth-order valence-electron chi connectivity index (χ4n) is 2.75. The lowest BCUT2D eigenvalue weighted by molar-refractivity contribution is -0.139. The maximum absolute atomic E-state index is 12.7. The molecule has 0 fully saturated rings. The molecule has 2 aromatic rings. The fraction of sp³-hybridized carbons (Fsp3) is 0.333. The van der Waals surface area contributed by atoms with E-state index < -0.39 is 11.4 Å². The Bertz CT molecular complexity index is 699. The van der Waals surface area contributed by atoms with E-state index in [0.717, 1.165) is 16.3 Å². The normalized spacial score (nSPS) is 11.6. The molecule has 0 radical (unpaired) electrons. The van der Waals surface area contributed by atoms with Gasteiger partial charge < -0.3 is 5.11 Å². The summed E-state index contributed by atoms with van der Waals surface area (Å²) in [5.74, 6) is -0.863. The minimum Gasteiger partial charge on any atom is -0.481 e. The van der Waals surface area contributed by atoms with Crippen LogP contribution >= 0.6 is 0 Å². The third kappa shape index (κ3) is 3.48. The Morgan fingerprint density at radius 2 is 1.71 bits per heavy atom. The molecule has 2 rings (SSSR count). The van der Waals surface area contributed by atoms with E-state index in [2.05, 4.69) is 0 Å². The van der Waals surface area contributed by atoms with Gasteiger partial charge in [-0.15, -0.1) is 0 Å². The van der Waals surface area contributed by atoms with Crippen molar-refractivity contribution in [2.45, 2.75) is 33.6 Å². The predicted octanol–water partition coefficient (Wildman–Crippen LogP) is 4.22. The van der Waals surface area contributed by atoms with Gasteiger partial charge in [0.15, 0.2) is 5.78 Å². The molecule has 3 heteroatoms. The molecule has 2 aromatic carbocycles. The molecule has 0 heterocycles. The van der Waals surface area contributed by atoms with Crippen molar-refractivity contribution in [2.75, 3.05) is 0 Å². The summed E-state index contributed by atoms with van der Waals surface area (Å²) in [5, 5.41) is 10.9. The van der Waals surface area contributed by atoms with Gasteiger partial charge in [-0.05, 0) is 28.7 Å². The van der Waals surface area contributed by atoms with E-state index in [-0.39, 0.29) is 18.6 Å². The highest BCUT2D eigenvalue weighted by molar-refractivity contribution is 6.09. The quantitative estimate of drug-likeness (QED) is 0.836. The summed E-state index contributed by atoms with van der Waals surface area (Å²) in [6.07, 6.45) is 0.219. The van der Waals surface area contributed by atoms with Crippen LogP contribution in [0.5, 0.6) is 0 Å². The molecule has 0 aliphatic heterocycles. The van der Waals surface area contributed by atoms with E-state index in [1.807, 2.05) is 57.2 Å². The molecule has 0 unspecified atom stereocenters. The number of carbonyl (C=O) groups excluding carboxylic acids is 1. The van der Waals surface area contributed by atoms with Gasteiger partial charge in [0.25, 0.3) is 0 Å². The number of hydrogen-bond donors (Lipinski definition) is 1. The molecule has 0 spiro atoms. The van der Waals surface area contributed by atoms with Crippen LogP contribution in [0.2, 0.25) is 0 Å². The van der Waals surface area contributed by atoms with Crippen molar-refractivity contribution < 1.29 is 14.7 Å². The van der Waals surface area contributed by atoms with Crippen LogP contribution in [0.4, 0.5) is 0 Å². The van der Waals surface area contributed by atoms with Crippen molar-refractivity contribution in [3.8, 4) is 0 Å². The zero-order valence-electron chi connectivity index (χ0n) is 12.6. The van der Waals surface area contributed by atoms with Gasteiger partial charge in [0.1, 0.15) is 0 Å². The van der Waals surface area contributed by atoms with E-state index >= 15 is 0 Å². The minimum atomic E-state index is -0.873. The topological polar surface area (TPSA) is 54.4 Å². The van der Waals surface area contributed by atoms with Crippen molar-refractivity contribution in [1.29, 1.82) is 0 Å². The summed E-state index contributed by atoms with van der Waals surface area (Å²) in [6.45, 7) is 5.56. The van der Waals surface area contributed by atoms with Crippen LogP contribution in [0.25, 0.3) is 10.8 Å². The molecule has 0 saturated carbocycles. The smallest absolute Gasteiger partial charge is 0.303 e. The summed E-state index contributed by atoms with van der Waals surface area (Å²) in [7, 11) is 0. The maximum Gasteiger partial charge on any atom is 0.303 e. The zero-order chi connectivity index (χ0) is 15.6. The first kappa shape index (κ1) is 15.2. The molecule has 21 heavy (non-hydrogen) atoms. The number of carboxylic acid groups (broad SMARTS) is 1. The summed E-state index contributed by atoms with van der Waals surface area (Å²) in [4.78, 5) is 23.6. The van der Waals surface area contributed by atoms with E-state index in [9.17, 15) is 9.59 Å². The van der Waals surface area contributed by atoms with E-state index in [1.54, 1.807) is 0 Å². The fourth-order valence-corrected chi connectivity index (χ4v) is 2.75. The Hall–Kier alpha value is -2.16. The van der Waals surface area contributed by atoms with Gasteiger partial charge >= 0.3 is 5.97 Å². The van der Waals surface area contributed by atoms with Crippen molar-refractivity contribution in [2.24, 2.45) is 5.41 Å². The first-order valence-corrected chi connectivity index (χ1v) is 7.03. The van der Waals surface area contributed by atoms with E-state index in [0.29, 0.717) is 5.56 Å². The molecule has 110 valence electrons. The van der Waals surface area contributed by atoms with Crippen LogP contribution in [0.15, 0.2) is 36.4 Å². The first-order valence-electron chi connectivity index (χ1n) is 7.03. The third-order valence-electron chi connectivity index (χ3n) is 3.69. The van der Waals surface area contributed by atoms with E-state index in [1.165, 1.54) is 0 Å². The number of carbonyl (C=O) groups is 2. The minimum absolute atomic E-state index is 0.00977. The molecular formula is C18H20O3. The number of hydrogen-bond acceptors (Lipinski definition) is 2. The molecule has 0 atom stereocenters. The zero-order valence-corrected chi connectivity index (χ0v) is 12.6. The second-order valence-electron chi connectivity index (χ2n) is 6.31. The number of Topliss-reactive ketones (excluding diaryl/α,β-unsaturated/α-hetero) is 1. The largest absolute Gasteiger partial charge is 0.481 e. The number of fused-ring (bicyclic) bond motifs is 1. The van der Waals surface area contributed by atoms with Crippen molar-refractivity contribution >= 4 is 22.5 Å². The summed E-state index contributed by atoms with van der Waals surface area (Å²) >= 11 is 0. The Kier molecular flexibility index (Phi) is 4.12. The monoisotopic (exact) mass is 284 g/mol. The first-order chi connectivity index (χ1) is 9.80. The Balaban J connectivity index is 2.40. The highest BCUT2D eigenvalue weighted by Crippen LogP contribution is 2.30. The highest BCUT2D eigenvalue weighted by Gasteiger charge is 2.27. The molecule has 0 bridgehead atoms. The van der Waals surface area contributed by atoms with Crippen molar-refractivity contribution in [1.82, 2.24) is 0 Å². The Morgan fingerprint density at radius 1 is 1.05 bits per heavy atom. The van der Waals surface area contributed by atoms with Gasteiger partial charge in [-0.25, -0.2) is 0 Å². The molecular weight excluding hydrogens is 264 g/mol. The van der Waals surface area contributed by atoms with Gasteiger partial charge in [-0.2, -0.15) is 0 Å². The van der Waals surface area contributed by atoms with Crippen LogP contribution in [-0.2, 0) is 4.79 Å². The molecule has 0 saturated heterocycles. The van der Waals surface area contributed by atoms with Crippen LogP contribution in [0, 0.1) is 12.3 Å². The molecule has 0 amide bonds. The van der Waals surface area contributed by atoms with Crippen molar-refractivity contribution in [3.63, 3.8) is 0 Å². The van der Waals surface area contributed by atoms with Gasteiger partial charge in [-0.1, -0.05) is 50.2 Å². The van der Waals surface area contributed by atoms with Crippen molar-refractivity contribution in [3.05, 3.63) is 47.5 Å². The number of carboxylic acids is 1. The second kappa shape index (κ2) is 5.68. The number of ketones is 1. The number of aliphatic carboxylic acids is 1. The lowest BCUT2D eigenvalue weighted by Crippen LogP contribution is -2.21. The Morgan fingerprint density at radius 3 is 2.38 bits per heavy atom. The molecule has 0 aliphatic carbocycles. The van der Waals surface area contributed by atoms with Gasteiger partial charge in [0.2, 0.25) is 0 Å². The SMILES string of the molecule is Cc1ccc2ccccc2c1C(=O)CC(C)(C)CC(=O)O. The highest BCUT2D eigenvalue weighted by atomic mass is 16.4. The molecule has 3 nitrogen and oxygen atoms in total. The predicted molar refractivity (Wildman–Crippen MR) is 83.7 cm³/mol. The number of aryl methyl sites for hydroxylation is 1. The summed E-state index contributed by atoms with van der Waals surface area (Å²) < 4.78 is 0. The second-order valence-corrected chi connectivity index (χ2v) is 6.31. The maximum atomic E-state index is 12.7. The molecule has 1 N–H and O–H groups in total. The van der Waals surface area contributed by atoms with Gasteiger partial charge in [0.05, 0.1) is 6.42 Å². The standard InChI is InChI=1S/C18H20O3/c1-12-8-9-13-6-4-5-7-14(13)17(12)15(19)10-18(2,3)11-16(20)21/h4-9H,10-11H2,1-3H3,(H,20,21). The lowest BCUT2D eigenvalue weighted by Gasteiger charge is -2.22. The van der Waals surface area contributed by atoms with Crippen LogP contribution in [0.3, 0.4) is 0 Å². The number of rotatable bonds is 5. The molecule has 0 aromatic heterocycles. The summed E-state index contributed by atoms with van der Waals surface area (Å²) in [6, 6.07) is 11.7. The van der Waals surface area contributed by atoms with Gasteiger partial charge in [-0.3, -0.25) is 9.59 Å². The number of benzene rings is 2. The molecule has 0 aliphatic rings. The van der Waals surface area contributed by atoms with Gasteiger partial charge in [0, 0.05) is 12.0 Å². The lowest BCUT2D eigenvalue weighted by atomic mass is 9.81. The van der Waals surface area contributed by atoms with Crippen LogP contribution < -0.4 is 0 Å². The average molecular weight is 284 g/mol. The van der Waals surface area contributed by atoms with Crippen LogP contribution in [0.1, 0.15) is 42.6 Å². The Labute approximate surface area is 124 Å². The third-order valence-corrected chi connectivity index (χ3v) is 3.69. The summed E-state index contributed by atoms with van der Waals surface area (Å²) in [5.41, 5.74) is 1.10. The van der Waals surface area contributed by atoms with Crippen LogP contribution in [-0.4, -0.2) is 16.9 Å².